The van der Waals surface area contributed by atoms with Crippen LogP contribution < -0.4 is 5.73 Å². The minimum Gasteiger partial charge on any atom is -0.399 e. The van der Waals surface area contributed by atoms with Crippen LogP contribution in [-0.2, 0) is 10.0 Å². The van der Waals surface area contributed by atoms with Crippen molar-refractivity contribution in [2.45, 2.75) is 4.90 Å². The molecule has 1 aromatic carbocycles. The predicted octanol–water partition coefficient (Wildman–Crippen LogP) is 1.25. The number of sulfonamides is 1. The van der Waals surface area contributed by atoms with E-state index in [0.717, 1.165) is 5.75 Å². The molecule has 0 aromatic heterocycles. The van der Waals surface area contributed by atoms with Crippen molar-refractivity contribution in [3.05, 3.63) is 24.3 Å². The summed E-state index contributed by atoms with van der Waals surface area (Å²) < 4.78 is 25.4. The molecule has 90 valence electrons. The van der Waals surface area contributed by atoms with Gasteiger partial charge in [0.05, 0.1) is 4.90 Å². The van der Waals surface area contributed by atoms with E-state index in [0.29, 0.717) is 12.2 Å². The summed E-state index contributed by atoms with van der Waals surface area (Å²) in [5.41, 5.74) is 6.03. The minimum atomic E-state index is -3.39. The Morgan fingerprint density at radius 1 is 1.44 bits per heavy atom. The lowest BCUT2D eigenvalue weighted by Crippen LogP contribution is -2.29. The van der Waals surface area contributed by atoms with Crippen molar-refractivity contribution < 1.29 is 8.42 Å². The maximum atomic E-state index is 12.1. The van der Waals surface area contributed by atoms with Crippen LogP contribution in [0.15, 0.2) is 29.2 Å². The van der Waals surface area contributed by atoms with Gasteiger partial charge >= 0.3 is 0 Å². The molecule has 0 bridgehead atoms. The number of hydrogen-bond acceptors (Lipinski definition) is 4. The molecule has 0 fully saturated rings. The molecule has 0 saturated heterocycles. The molecule has 0 heterocycles. The van der Waals surface area contributed by atoms with Crippen LogP contribution in [0.1, 0.15) is 0 Å². The predicted molar refractivity (Wildman–Crippen MR) is 69.1 cm³/mol. The van der Waals surface area contributed by atoms with Crippen molar-refractivity contribution in [1.29, 1.82) is 0 Å². The highest BCUT2D eigenvalue weighted by Crippen LogP contribution is 2.16. The van der Waals surface area contributed by atoms with Gasteiger partial charge in [0.25, 0.3) is 0 Å². The lowest BCUT2D eigenvalue weighted by Gasteiger charge is -2.16. The number of nitrogens with zero attached hydrogens (tertiary/aromatic N) is 1. The topological polar surface area (TPSA) is 63.4 Å². The third kappa shape index (κ3) is 3.13. The van der Waals surface area contributed by atoms with E-state index in [-0.39, 0.29) is 4.90 Å². The Balaban J connectivity index is 2.93. The molecule has 6 heteroatoms. The van der Waals surface area contributed by atoms with E-state index in [1.807, 2.05) is 6.26 Å². The summed E-state index contributed by atoms with van der Waals surface area (Å²) in [6.07, 6.45) is 1.95. The van der Waals surface area contributed by atoms with E-state index in [4.69, 9.17) is 5.73 Å². The summed E-state index contributed by atoms with van der Waals surface area (Å²) in [5.74, 6) is 0.776. The van der Waals surface area contributed by atoms with E-state index in [9.17, 15) is 8.42 Å². The Labute approximate surface area is 101 Å². The van der Waals surface area contributed by atoms with Crippen molar-refractivity contribution in [3.8, 4) is 0 Å². The van der Waals surface area contributed by atoms with Crippen LogP contribution in [0.4, 0.5) is 5.69 Å². The van der Waals surface area contributed by atoms with Gasteiger partial charge in [-0.3, -0.25) is 0 Å². The first-order valence-corrected chi connectivity index (χ1v) is 7.62. The Morgan fingerprint density at radius 3 is 2.69 bits per heavy atom. The zero-order valence-electron chi connectivity index (χ0n) is 9.38. The van der Waals surface area contributed by atoms with Crippen LogP contribution >= 0.6 is 11.8 Å². The Hall–Kier alpha value is -0.720. The Kier molecular flexibility index (Phi) is 4.64. The van der Waals surface area contributed by atoms with Gasteiger partial charge in [0.1, 0.15) is 0 Å². The van der Waals surface area contributed by atoms with Crippen LogP contribution in [0, 0.1) is 0 Å². The molecule has 0 aliphatic heterocycles. The van der Waals surface area contributed by atoms with Crippen LogP contribution in [0.25, 0.3) is 0 Å². The number of thioether (sulfide) groups is 1. The molecule has 0 radical (unpaired) electrons. The Morgan fingerprint density at radius 2 is 2.12 bits per heavy atom. The highest BCUT2D eigenvalue weighted by Gasteiger charge is 2.19. The Bertz CT molecular complexity index is 446. The molecule has 0 atom stereocenters. The van der Waals surface area contributed by atoms with Crippen LogP contribution in [0.5, 0.6) is 0 Å². The highest BCUT2D eigenvalue weighted by atomic mass is 32.2. The van der Waals surface area contributed by atoms with Crippen molar-refractivity contribution in [2.24, 2.45) is 0 Å². The lowest BCUT2D eigenvalue weighted by molar-refractivity contribution is 0.488. The molecule has 16 heavy (non-hydrogen) atoms. The average Bonchev–Trinajstić information content (AvgIpc) is 2.25. The summed E-state index contributed by atoms with van der Waals surface area (Å²) in [5, 5.41) is 0. The van der Waals surface area contributed by atoms with E-state index in [2.05, 4.69) is 0 Å². The minimum absolute atomic E-state index is 0.246. The largest absolute Gasteiger partial charge is 0.399 e. The van der Waals surface area contributed by atoms with Crippen LogP contribution in [0.3, 0.4) is 0 Å². The van der Waals surface area contributed by atoms with Crippen molar-refractivity contribution in [1.82, 2.24) is 4.31 Å². The molecule has 0 saturated carbocycles. The second-order valence-corrected chi connectivity index (χ2v) is 6.42. The van der Waals surface area contributed by atoms with Gasteiger partial charge in [0.15, 0.2) is 0 Å². The highest BCUT2D eigenvalue weighted by molar-refractivity contribution is 7.98. The quantitative estimate of drug-likeness (QED) is 0.809. The van der Waals surface area contributed by atoms with Crippen molar-refractivity contribution in [3.63, 3.8) is 0 Å². The number of nitrogen functional groups attached to an aromatic ring is 1. The molecule has 0 amide bonds. The standard InChI is InChI=1S/C10H16N2O2S2/c1-12(6-7-15-2)16(13,14)10-5-3-4-9(11)8-10/h3-5,8H,6-7,11H2,1-2H3. The zero-order chi connectivity index (χ0) is 12.2. The van der Waals surface area contributed by atoms with E-state index in [1.54, 1.807) is 37.0 Å². The molecular formula is C10H16N2O2S2. The molecule has 2 N–H and O–H groups in total. The summed E-state index contributed by atoms with van der Waals surface area (Å²) >= 11 is 1.61. The van der Waals surface area contributed by atoms with Crippen molar-refractivity contribution >= 4 is 27.5 Å². The number of nitrogens with two attached hydrogens (primary N) is 1. The molecule has 1 rings (SSSR count). The van der Waals surface area contributed by atoms with Gasteiger partial charge in [-0.15, -0.1) is 0 Å². The summed E-state index contributed by atoms with van der Waals surface area (Å²) in [6.45, 7) is 0.498. The SMILES string of the molecule is CSCCN(C)S(=O)(=O)c1cccc(N)c1. The number of anilines is 1. The van der Waals surface area contributed by atoms with Gasteiger partial charge in [-0.25, -0.2) is 12.7 Å². The van der Waals surface area contributed by atoms with Gasteiger partial charge in [-0.2, -0.15) is 11.8 Å². The molecular weight excluding hydrogens is 244 g/mol. The molecule has 0 aliphatic rings. The summed E-state index contributed by atoms with van der Waals surface area (Å²) in [6, 6.07) is 6.34. The number of hydrogen-bond donors (Lipinski definition) is 1. The van der Waals surface area contributed by atoms with Gasteiger partial charge < -0.3 is 5.73 Å². The second kappa shape index (κ2) is 5.56. The first-order valence-electron chi connectivity index (χ1n) is 4.79. The van der Waals surface area contributed by atoms with Gasteiger partial charge in [-0.1, -0.05) is 6.07 Å². The third-order valence-corrected chi connectivity index (χ3v) is 4.62. The molecule has 4 nitrogen and oxygen atoms in total. The van der Waals surface area contributed by atoms with Crippen molar-refractivity contribution in [2.75, 3.05) is 31.3 Å². The molecule has 0 spiro atoms. The van der Waals surface area contributed by atoms with Gasteiger partial charge in [-0.05, 0) is 24.5 Å². The smallest absolute Gasteiger partial charge is 0.242 e. The fraction of sp³-hybridized carbons (Fsp3) is 0.400. The fourth-order valence-electron chi connectivity index (χ4n) is 1.19. The van der Waals surface area contributed by atoms with E-state index in [1.165, 1.54) is 10.4 Å². The molecule has 1 aromatic rings. The molecule has 0 aliphatic carbocycles. The van der Waals surface area contributed by atoms with Gasteiger partial charge in [0.2, 0.25) is 10.0 Å². The zero-order valence-corrected chi connectivity index (χ0v) is 11.0. The summed E-state index contributed by atoms with van der Waals surface area (Å²) in [4.78, 5) is 0.246. The van der Waals surface area contributed by atoms with E-state index >= 15 is 0 Å². The van der Waals surface area contributed by atoms with Crippen LogP contribution in [0.2, 0.25) is 0 Å². The van der Waals surface area contributed by atoms with E-state index < -0.39 is 10.0 Å². The number of rotatable bonds is 5. The normalized spacial score (nSPS) is 11.9. The first-order chi connectivity index (χ1) is 7.48. The lowest BCUT2D eigenvalue weighted by atomic mass is 10.3. The summed E-state index contributed by atoms with van der Waals surface area (Å²) in [7, 11) is -1.82. The third-order valence-electron chi connectivity index (χ3n) is 2.18. The average molecular weight is 260 g/mol. The van der Waals surface area contributed by atoms with Gasteiger partial charge in [0, 0.05) is 25.0 Å². The monoisotopic (exact) mass is 260 g/mol. The first kappa shape index (κ1) is 13.3. The van der Waals surface area contributed by atoms with Crippen LogP contribution in [-0.4, -0.2) is 38.3 Å². The fourth-order valence-corrected chi connectivity index (χ4v) is 2.99. The molecule has 0 unspecified atom stereocenters. The number of benzene rings is 1. The maximum Gasteiger partial charge on any atom is 0.242 e. The maximum absolute atomic E-state index is 12.1. The second-order valence-electron chi connectivity index (χ2n) is 3.39.